The van der Waals surface area contributed by atoms with E-state index in [2.05, 4.69) is 5.16 Å². The molecule has 0 unspecified atom stereocenters. The van der Waals surface area contributed by atoms with Crippen molar-refractivity contribution in [2.45, 2.75) is 6.92 Å². The summed E-state index contributed by atoms with van der Waals surface area (Å²) in [6, 6.07) is 11.2. The number of hydrogen-bond acceptors (Lipinski definition) is 4. The minimum atomic E-state index is -0.463. The first-order valence-corrected chi connectivity index (χ1v) is 5.86. The third-order valence-corrected chi connectivity index (χ3v) is 2.92. The molecule has 0 amide bonds. The number of carbonyl (C=O) groups is 1. The highest BCUT2D eigenvalue weighted by atomic mass is 16.7. The van der Waals surface area contributed by atoms with E-state index in [9.17, 15) is 4.79 Å². The third-order valence-electron chi connectivity index (χ3n) is 2.92. The van der Waals surface area contributed by atoms with Crippen molar-refractivity contribution in [3.63, 3.8) is 0 Å². The highest BCUT2D eigenvalue weighted by Gasteiger charge is 2.27. The van der Waals surface area contributed by atoms with Crippen LogP contribution in [0.25, 0.3) is 6.08 Å². The normalized spacial score (nSPS) is 16.6. The molecule has 2 aromatic rings. The average molecular weight is 253 g/mol. The Balaban J connectivity index is 2.07. The maximum absolute atomic E-state index is 11.7. The summed E-state index contributed by atoms with van der Waals surface area (Å²) < 4.78 is 5.22. The van der Waals surface area contributed by atoms with Crippen molar-refractivity contribution in [1.82, 2.24) is 0 Å². The van der Waals surface area contributed by atoms with Crippen LogP contribution in [-0.4, -0.2) is 11.7 Å². The Bertz CT molecular complexity index is 681. The molecule has 0 N–H and O–H groups in total. The zero-order chi connectivity index (χ0) is 13.2. The van der Waals surface area contributed by atoms with Gasteiger partial charge in [-0.2, -0.15) is 0 Å². The smallest absolute Gasteiger partial charge is 0.368 e. The fourth-order valence-corrected chi connectivity index (χ4v) is 1.96. The van der Waals surface area contributed by atoms with Crippen LogP contribution in [0.2, 0.25) is 0 Å². The molecule has 4 nitrogen and oxygen atoms in total. The SMILES string of the molecule is Cc1ccccc1C1=NOC(=O)/C1=C/c1ccco1. The van der Waals surface area contributed by atoms with E-state index in [0.29, 0.717) is 17.0 Å². The molecule has 0 saturated carbocycles. The summed E-state index contributed by atoms with van der Waals surface area (Å²) >= 11 is 0. The van der Waals surface area contributed by atoms with Gasteiger partial charge in [0.25, 0.3) is 0 Å². The molecule has 0 radical (unpaired) electrons. The molecule has 1 aromatic heterocycles. The fraction of sp³-hybridized carbons (Fsp3) is 0.0667. The lowest BCUT2D eigenvalue weighted by atomic mass is 9.98. The highest BCUT2D eigenvalue weighted by molar-refractivity contribution is 6.31. The molecule has 94 valence electrons. The van der Waals surface area contributed by atoms with Crippen molar-refractivity contribution in [2.75, 3.05) is 0 Å². The third kappa shape index (κ3) is 2.08. The number of rotatable bonds is 2. The predicted molar refractivity (Wildman–Crippen MR) is 70.5 cm³/mol. The Morgan fingerprint density at radius 1 is 1.16 bits per heavy atom. The molecule has 3 rings (SSSR count). The van der Waals surface area contributed by atoms with E-state index >= 15 is 0 Å². The molecule has 0 fully saturated rings. The molecule has 0 saturated heterocycles. The summed E-state index contributed by atoms with van der Waals surface area (Å²) in [6.45, 7) is 1.96. The largest absolute Gasteiger partial charge is 0.465 e. The first-order valence-electron chi connectivity index (χ1n) is 5.86. The molecule has 19 heavy (non-hydrogen) atoms. The van der Waals surface area contributed by atoms with Crippen molar-refractivity contribution in [1.29, 1.82) is 0 Å². The number of hydrogen-bond donors (Lipinski definition) is 0. The van der Waals surface area contributed by atoms with Gasteiger partial charge in [0.2, 0.25) is 0 Å². The monoisotopic (exact) mass is 253 g/mol. The minimum Gasteiger partial charge on any atom is -0.465 e. The number of nitrogens with zero attached hydrogens (tertiary/aromatic N) is 1. The van der Waals surface area contributed by atoms with E-state index in [1.807, 2.05) is 31.2 Å². The predicted octanol–water partition coefficient (Wildman–Crippen LogP) is 2.93. The first-order chi connectivity index (χ1) is 9.25. The summed E-state index contributed by atoms with van der Waals surface area (Å²) in [5.41, 5.74) is 2.86. The van der Waals surface area contributed by atoms with Crippen LogP contribution in [0.1, 0.15) is 16.9 Å². The van der Waals surface area contributed by atoms with Gasteiger partial charge in [0.15, 0.2) is 0 Å². The van der Waals surface area contributed by atoms with Crippen LogP contribution in [0, 0.1) is 6.92 Å². The maximum Gasteiger partial charge on any atom is 0.368 e. The lowest BCUT2D eigenvalue weighted by Crippen LogP contribution is -2.08. The van der Waals surface area contributed by atoms with Crippen LogP contribution in [0.5, 0.6) is 0 Å². The Labute approximate surface area is 110 Å². The number of oxime groups is 1. The van der Waals surface area contributed by atoms with E-state index in [-0.39, 0.29) is 0 Å². The molecule has 0 aliphatic carbocycles. The maximum atomic E-state index is 11.7. The summed E-state index contributed by atoms with van der Waals surface area (Å²) in [7, 11) is 0. The summed E-state index contributed by atoms with van der Waals surface area (Å²) in [5.74, 6) is 0.129. The Hall–Kier alpha value is -2.62. The van der Waals surface area contributed by atoms with Crippen molar-refractivity contribution in [2.24, 2.45) is 5.16 Å². The quantitative estimate of drug-likeness (QED) is 0.610. The lowest BCUT2D eigenvalue weighted by Gasteiger charge is -2.03. The van der Waals surface area contributed by atoms with Gasteiger partial charge in [-0.05, 0) is 30.7 Å². The summed E-state index contributed by atoms with van der Waals surface area (Å²) in [4.78, 5) is 16.5. The fourth-order valence-electron chi connectivity index (χ4n) is 1.96. The Morgan fingerprint density at radius 2 is 2.00 bits per heavy atom. The van der Waals surface area contributed by atoms with Gasteiger partial charge in [-0.15, -0.1) is 0 Å². The lowest BCUT2D eigenvalue weighted by molar-refractivity contribution is -0.136. The van der Waals surface area contributed by atoms with Crippen LogP contribution in [0.15, 0.2) is 57.8 Å². The van der Waals surface area contributed by atoms with Crippen molar-refractivity contribution < 1.29 is 14.0 Å². The zero-order valence-corrected chi connectivity index (χ0v) is 10.3. The van der Waals surface area contributed by atoms with Crippen LogP contribution < -0.4 is 0 Å². The average Bonchev–Trinajstić information content (AvgIpc) is 3.03. The molecular formula is C15H11NO3. The van der Waals surface area contributed by atoms with E-state index in [1.165, 1.54) is 0 Å². The molecule has 0 bridgehead atoms. The topological polar surface area (TPSA) is 51.8 Å². The Kier molecular flexibility index (Phi) is 2.76. The number of benzene rings is 1. The van der Waals surface area contributed by atoms with E-state index in [1.54, 1.807) is 24.5 Å². The molecule has 4 heteroatoms. The molecule has 0 atom stereocenters. The number of aryl methyl sites for hydroxylation is 1. The highest BCUT2D eigenvalue weighted by Crippen LogP contribution is 2.22. The van der Waals surface area contributed by atoms with Gasteiger partial charge in [0, 0.05) is 5.56 Å². The second kappa shape index (κ2) is 4.57. The molecule has 1 aliphatic heterocycles. The van der Waals surface area contributed by atoms with Gasteiger partial charge in [-0.1, -0.05) is 29.4 Å². The summed E-state index contributed by atoms with van der Waals surface area (Å²) in [6.07, 6.45) is 3.19. The zero-order valence-electron chi connectivity index (χ0n) is 10.3. The molecular weight excluding hydrogens is 242 g/mol. The van der Waals surface area contributed by atoms with E-state index < -0.39 is 5.97 Å². The first kappa shape index (κ1) is 11.5. The number of furan rings is 1. The minimum absolute atomic E-state index is 0.407. The van der Waals surface area contributed by atoms with Crippen molar-refractivity contribution in [3.8, 4) is 0 Å². The van der Waals surface area contributed by atoms with Crippen molar-refractivity contribution in [3.05, 3.63) is 65.1 Å². The second-order valence-corrected chi connectivity index (χ2v) is 4.21. The van der Waals surface area contributed by atoms with Gasteiger partial charge in [0.05, 0.1) is 11.8 Å². The van der Waals surface area contributed by atoms with E-state index in [4.69, 9.17) is 9.25 Å². The van der Waals surface area contributed by atoms with Gasteiger partial charge < -0.3 is 9.25 Å². The number of carbonyl (C=O) groups excluding carboxylic acids is 1. The van der Waals surface area contributed by atoms with Crippen LogP contribution in [0.4, 0.5) is 0 Å². The Morgan fingerprint density at radius 3 is 2.74 bits per heavy atom. The van der Waals surface area contributed by atoms with Crippen molar-refractivity contribution >= 4 is 17.8 Å². The van der Waals surface area contributed by atoms with Gasteiger partial charge in [0.1, 0.15) is 11.5 Å². The van der Waals surface area contributed by atoms with Gasteiger partial charge in [-0.25, -0.2) is 4.79 Å². The van der Waals surface area contributed by atoms with Crippen LogP contribution in [-0.2, 0) is 9.63 Å². The molecule has 1 aromatic carbocycles. The van der Waals surface area contributed by atoms with E-state index in [0.717, 1.165) is 11.1 Å². The molecule has 1 aliphatic rings. The van der Waals surface area contributed by atoms with Crippen LogP contribution in [0.3, 0.4) is 0 Å². The summed E-state index contributed by atoms with van der Waals surface area (Å²) in [5, 5.41) is 3.87. The van der Waals surface area contributed by atoms with Gasteiger partial charge in [-0.3, -0.25) is 0 Å². The second-order valence-electron chi connectivity index (χ2n) is 4.21. The van der Waals surface area contributed by atoms with Crippen LogP contribution >= 0.6 is 0 Å². The standard InChI is InChI=1S/C15H11NO3/c1-10-5-2-3-7-12(10)14-13(15(17)19-16-14)9-11-6-4-8-18-11/h2-9H,1H3/b13-9+. The molecule has 2 heterocycles. The van der Waals surface area contributed by atoms with Gasteiger partial charge >= 0.3 is 5.97 Å². The molecule has 0 spiro atoms.